The van der Waals surface area contributed by atoms with Gasteiger partial charge < -0.3 is 14.5 Å². The molecule has 2 amide bonds. The minimum Gasteiger partial charge on any atom is -0.457 e. The van der Waals surface area contributed by atoms with Crippen LogP contribution < -0.4 is 0 Å². The number of carbonyl (C=O) groups excluding carboxylic acids is 3. The molecule has 0 heterocycles. The van der Waals surface area contributed by atoms with Crippen molar-refractivity contribution in [1.82, 2.24) is 9.80 Å². The number of hydrogen-bond donors (Lipinski definition) is 0. The average molecular weight is 306 g/mol. The van der Waals surface area contributed by atoms with E-state index in [1.807, 2.05) is 6.07 Å². The fourth-order valence-corrected chi connectivity index (χ4v) is 1.82. The predicted octanol–water partition coefficient (Wildman–Crippen LogP) is 1.81. The maximum absolute atomic E-state index is 11.8. The van der Waals surface area contributed by atoms with E-state index in [0.717, 1.165) is 0 Å². The van der Waals surface area contributed by atoms with Gasteiger partial charge >= 0.3 is 12.0 Å². The normalized spacial score (nSPS) is 9.95. The Hall–Kier alpha value is -2.37. The lowest BCUT2D eigenvalue weighted by molar-refractivity contribution is -0.142. The number of urea groups is 1. The second-order valence-electron chi connectivity index (χ2n) is 5.15. The number of Topliss-reactive ketones (excluding diaryl/α,β-unsaturated/α-hetero) is 1. The third-order valence-electron chi connectivity index (χ3n) is 3.04. The van der Waals surface area contributed by atoms with Crippen LogP contribution in [-0.4, -0.2) is 61.9 Å². The van der Waals surface area contributed by atoms with E-state index in [0.29, 0.717) is 18.5 Å². The summed E-state index contributed by atoms with van der Waals surface area (Å²) in [5.74, 6) is -0.663. The summed E-state index contributed by atoms with van der Waals surface area (Å²) in [5.41, 5.74) is 0.520. The molecule has 0 aliphatic heterocycles. The lowest BCUT2D eigenvalue weighted by Gasteiger charge is -2.21. The van der Waals surface area contributed by atoms with Crippen molar-refractivity contribution < 1.29 is 19.1 Å². The van der Waals surface area contributed by atoms with E-state index in [1.165, 1.54) is 9.80 Å². The minimum atomic E-state index is -0.435. The summed E-state index contributed by atoms with van der Waals surface area (Å²) in [4.78, 5) is 37.9. The van der Waals surface area contributed by atoms with Gasteiger partial charge in [-0.05, 0) is 6.42 Å². The van der Waals surface area contributed by atoms with E-state index in [9.17, 15) is 14.4 Å². The molecule has 6 heteroatoms. The Morgan fingerprint density at radius 3 is 2.27 bits per heavy atom. The van der Waals surface area contributed by atoms with Crippen molar-refractivity contribution in [2.24, 2.45) is 0 Å². The Kier molecular flexibility index (Phi) is 7.08. The highest BCUT2D eigenvalue weighted by molar-refractivity contribution is 5.97. The Labute approximate surface area is 130 Å². The summed E-state index contributed by atoms with van der Waals surface area (Å²) in [5, 5.41) is 0. The number of rotatable bonds is 7. The van der Waals surface area contributed by atoms with Crippen LogP contribution in [0, 0.1) is 0 Å². The lowest BCUT2D eigenvalue weighted by Crippen LogP contribution is -2.37. The van der Waals surface area contributed by atoms with Gasteiger partial charge in [-0.25, -0.2) is 4.79 Å². The Bertz CT molecular complexity index is 514. The van der Waals surface area contributed by atoms with Crippen LogP contribution in [0.15, 0.2) is 30.3 Å². The van der Waals surface area contributed by atoms with E-state index >= 15 is 0 Å². The number of esters is 1. The van der Waals surface area contributed by atoms with Gasteiger partial charge in [-0.1, -0.05) is 30.3 Å². The molecule has 0 aromatic heterocycles. The molecule has 0 N–H and O–H groups in total. The van der Waals surface area contributed by atoms with Crippen molar-refractivity contribution in [3.63, 3.8) is 0 Å². The van der Waals surface area contributed by atoms with Crippen molar-refractivity contribution in [2.75, 3.05) is 34.3 Å². The van der Waals surface area contributed by atoms with Gasteiger partial charge in [0.1, 0.15) is 0 Å². The lowest BCUT2D eigenvalue weighted by atomic mass is 10.1. The second-order valence-corrected chi connectivity index (χ2v) is 5.15. The molecule has 0 spiro atoms. The first-order valence-electron chi connectivity index (χ1n) is 7.08. The van der Waals surface area contributed by atoms with Gasteiger partial charge in [0.25, 0.3) is 0 Å². The number of ether oxygens (including phenoxy) is 1. The zero-order valence-corrected chi connectivity index (χ0v) is 13.2. The van der Waals surface area contributed by atoms with E-state index in [1.54, 1.807) is 45.4 Å². The predicted molar refractivity (Wildman–Crippen MR) is 82.7 cm³/mol. The molecule has 0 unspecified atom stereocenters. The highest BCUT2D eigenvalue weighted by Gasteiger charge is 2.12. The third kappa shape index (κ3) is 5.95. The monoisotopic (exact) mass is 306 g/mol. The van der Waals surface area contributed by atoms with Crippen molar-refractivity contribution in [1.29, 1.82) is 0 Å². The number of ketones is 1. The van der Waals surface area contributed by atoms with Crippen molar-refractivity contribution >= 4 is 17.8 Å². The van der Waals surface area contributed by atoms with Gasteiger partial charge in [-0.15, -0.1) is 0 Å². The van der Waals surface area contributed by atoms with Crippen molar-refractivity contribution in [3.8, 4) is 0 Å². The molecule has 120 valence electrons. The van der Waals surface area contributed by atoms with Gasteiger partial charge in [0, 0.05) is 39.7 Å². The smallest absolute Gasteiger partial charge is 0.319 e. The molecule has 1 aromatic carbocycles. The number of amides is 2. The first-order chi connectivity index (χ1) is 10.4. The van der Waals surface area contributed by atoms with Gasteiger partial charge in [0.05, 0.1) is 0 Å². The van der Waals surface area contributed by atoms with E-state index < -0.39 is 5.97 Å². The first-order valence-corrected chi connectivity index (χ1v) is 7.08. The largest absolute Gasteiger partial charge is 0.457 e. The summed E-state index contributed by atoms with van der Waals surface area (Å²) in [7, 11) is 5.01. The third-order valence-corrected chi connectivity index (χ3v) is 3.04. The van der Waals surface area contributed by atoms with Crippen LogP contribution >= 0.6 is 0 Å². The van der Waals surface area contributed by atoms with Gasteiger partial charge in [-0.2, -0.15) is 0 Å². The topological polar surface area (TPSA) is 66.9 Å². The molecule has 0 aliphatic carbocycles. The Morgan fingerprint density at radius 2 is 1.68 bits per heavy atom. The average Bonchev–Trinajstić information content (AvgIpc) is 2.52. The first kappa shape index (κ1) is 17.7. The van der Waals surface area contributed by atoms with Crippen molar-refractivity contribution in [2.45, 2.75) is 12.8 Å². The van der Waals surface area contributed by atoms with E-state index in [2.05, 4.69) is 0 Å². The summed E-state index contributed by atoms with van der Waals surface area (Å²) in [6.45, 7) is 0.202. The van der Waals surface area contributed by atoms with Gasteiger partial charge in [0.15, 0.2) is 12.4 Å². The van der Waals surface area contributed by atoms with E-state index in [-0.39, 0.29) is 24.8 Å². The highest BCUT2D eigenvalue weighted by atomic mass is 16.5. The molecule has 0 radical (unpaired) electrons. The number of nitrogens with zero attached hydrogens (tertiary/aromatic N) is 2. The van der Waals surface area contributed by atoms with E-state index in [4.69, 9.17) is 4.74 Å². The summed E-state index contributed by atoms with van der Waals surface area (Å²) in [6, 6.07) is 8.57. The van der Waals surface area contributed by atoms with Crippen LogP contribution in [0.25, 0.3) is 0 Å². The Balaban J connectivity index is 2.24. The molecule has 1 aromatic rings. The summed E-state index contributed by atoms with van der Waals surface area (Å²) >= 11 is 0. The molecule has 1 rings (SSSR count). The molecule has 0 saturated heterocycles. The second kappa shape index (κ2) is 8.81. The highest BCUT2D eigenvalue weighted by Crippen LogP contribution is 2.02. The fourth-order valence-electron chi connectivity index (χ4n) is 1.82. The van der Waals surface area contributed by atoms with Crippen LogP contribution in [0.5, 0.6) is 0 Å². The van der Waals surface area contributed by atoms with Gasteiger partial charge in [-0.3, -0.25) is 9.59 Å². The molecule has 6 nitrogen and oxygen atoms in total. The van der Waals surface area contributed by atoms with Crippen LogP contribution in [0.4, 0.5) is 4.79 Å². The zero-order valence-electron chi connectivity index (χ0n) is 13.2. The molecule has 0 bridgehead atoms. The molecule has 22 heavy (non-hydrogen) atoms. The molecule has 0 aliphatic rings. The molecular weight excluding hydrogens is 284 g/mol. The van der Waals surface area contributed by atoms with Gasteiger partial charge in [0.2, 0.25) is 0 Å². The van der Waals surface area contributed by atoms with Crippen LogP contribution in [-0.2, 0) is 9.53 Å². The van der Waals surface area contributed by atoms with Crippen LogP contribution in [0.3, 0.4) is 0 Å². The minimum absolute atomic E-state index is 0.118. The van der Waals surface area contributed by atoms with Crippen LogP contribution in [0.1, 0.15) is 23.2 Å². The SMILES string of the molecule is CN(C)C(=O)N(C)CCCC(=O)OCC(=O)c1ccccc1. The molecule has 0 fully saturated rings. The van der Waals surface area contributed by atoms with Crippen molar-refractivity contribution in [3.05, 3.63) is 35.9 Å². The number of carbonyl (C=O) groups is 3. The maximum Gasteiger partial charge on any atom is 0.319 e. The zero-order chi connectivity index (χ0) is 16.5. The summed E-state index contributed by atoms with van der Waals surface area (Å²) in [6.07, 6.45) is 0.668. The number of benzene rings is 1. The maximum atomic E-state index is 11.8. The molecular formula is C16H22N2O4. The molecule has 0 atom stereocenters. The van der Waals surface area contributed by atoms with Crippen LogP contribution in [0.2, 0.25) is 0 Å². The fraction of sp³-hybridized carbons (Fsp3) is 0.438. The number of hydrogen-bond acceptors (Lipinski definition) is 4. The Morgan fingerprint density at radius 1 is 1.05 bits per heavy atom. The standard InChI is InChI=1S/C16H22N2O4/c1-17(2)16(21)18(3)11-7-10-15(20)22-12-14(19)13-8-5-4-6-9-13/h4-6,8-9H,7,10-12H2,1-3H3. The summed E-state index contributed by atoms with van der Waals surface area (Å²) < 4.78 is 4.95. The quantitative estimate of drug-likeness (QED) is 0.569. The molecule has 0 saturated carbocycles.